The molecule has 1 aromatic rings. The molecule has 2 rings (SSSR count). The molecule has 0 fully saturated rings. The number of fused-ring (bicyclic) bond motifs is 1. The summed E-state index contributed by atoms with van der Waals surface area (Å²) in [7, 11) is 0. The molecule has 130 valence electrons. The summed E-state index contributed by atoms with van der Waals surface area (Å²) in [6, 6.07) is 1.73. The lowest BCUT2D eigenvalue weighted by atomic mass is 9.70. The fraction of sp³-hybridized carbons (Fsp3) is 0.529. The molecule has 24 heavy (non-hydrogen) atoms. The number of rotatable bonds is 5. The Balaban J connectivity index is 2.50. The number of aromatic nitrogens is 1. The van der Waals surface area contributed by atoms with E-state index in [0.717, 1.165) is 5.56 Å². The van der Waals surface area contributed by atoms with Gasteiger partial charge in [-0.15, -0.1) is 0 Å². The topological polar surface area (TPSA) is 91.8 Å². The van der Waals surface area contributed by atoms with Crippen molar-refractivity contribution in [3.63, 3.8) is 0 Å². The quantitative estimate of drug-likeness (QED) is 0.460. The maximum atomic E-state index is 12.6. The van der Waals surface area contributed by atoms with E-state index in [0.29, 0.717) is 5.56 Å². The van der Waals surface area contributed by atoms with E-state index >= 15 is 0 Å². The molecule has 0 radical (unpaired) electrons. The zero-order valence-corrected chi connectivity index (χ0v) is 14.0. The number of pyridine rings is 1. The summed E-state index contributed by atoms with van der Waals surface area (Å²) >= 11 is 0. The largest absolute Gasteiger partial charge is 0.465 e. The number of hydrogen-bond acceptors (Lipinski definition) is 7. The van der Waals surface area contributed by atoms with Crippen molar-refractivity contribution >= 4 is 17.9 Å². The van der Waals surface area contributed by atoms with Gasteiger partial charge in [0, 0.05) is 32.2 Å². The Bertz CT molecular complexity index is 624. The molecule has 0 aromatic carbocycles. The van der Waals surface area contributed by atoms with Crippen LogP contribution in [0, 0.1) is 5.41 Å². The van der Waals surface area contributed by atoms with Crippen LogP contribution in [0.3, 0.4) is 0 Å². The van der Waals surface area contributed by atoms with E-state index < -0.39 is 29.4 Å². The van der Waals surface area contributed by atoms with Crippen molar-refractivity contribution in [2.75, 3.05) is 13.2 Å². The molecule has 1 aliphatic rings. The maximum Gasteiger partial charge on any atom is 0.323 e. The van der Waals surface area contributed by atoms with Crippen molar-refractivity contribution in [3.05, 3.63) is 29.6 Å². The summed E-state index contributed by atoms with van der Waals surface area (Å²) in [6.45, 7) is 4.89. The highest BCUT2D eigenvalue weighted by Crippen LogP contribution is 2.44. The van der Waals surface area contributed by atoms with Gasteiger partial charge in [0.25, 0.3) is 0 Å². The molecule has 0 N–H and O–H groups in total. The molecule has 1 aliphatic carbocycles. The fourth-order valence-electron chi connectivity index (χ4n) is 2.96. The number of nitrogens with zero attached hydrogens (tertiary/aromatic N) is 1. The number of carbonyl (C=O) groups is 3. The van der Waals surface area contributed by atoms with Crippen molar-refractivity contribution in [1.82, 2.24) is 4.98 Å². The molecule has 0 bridgehead atoms. The van der Waals surface area contributed by atoms with Gasteiger partial charge in [0.2, 0.25) is 0 Å². The van der Waals surface area contributed by atoms with Gasteiger partial charge in [-0.1, -0.05) is 0 Å². The molecule has 7 nitrogen and oxygen atoms in total. The Kier molecular flexibility index (Phi) is 5.54. The molecule has 0 aliphatic heterocycles. The SMILES string of the molecule is CCOC(=O)C1(C(=O)OCC)Cc2cnccc2C(OC(C)=O)C1. The third-order valence-electron chi connectivity index (χ3n) is 3.95. The Morgan fingerprint density at radius 2 is 1.83 bits per heavy atom. The minimum absolute atomic E-state index is 0.0126. The summed E-state index contributed by atoms with van der Waals surface area (Å²) in [6.07, 6.45) is 2.50. The van der Waals surface area contributed by atoms with Crippen LogP contribution >= 0.6 is 0 Å². The first kappa shape index (κ1) is 17.9. The Labute approximate surface area is 140 Å². The van der Waals surface area contributed by atoms with Crippen LogP contribution in [-0.4, -0.2) is 36.1 Å². The molecule has 0 saturated heterocycles. The minimum Gasteiger partial charge on any atom is -0.465 e. The second-order valence-electron chi connectivity index (χ2n) is 5.58. The van der Waals surface area contributed by atoms with Crippen LogP contribution in [0.4, 0.5) is 0 Å². The van der Waals surface area contributed by atoms with Crippen molar-refractivity contribution in [2.24, 2.45) is 5.41 Å². The van der Waals surface area contributed by atoms with E-state index in [1.807, 2.05) is 0 Å². The van der Waals surface area contributed by atoms with Crippen LogP contribution in [0.15, 0.2) is 18.5 Å². The molecule has 0 spiro atoms. The molecule has 1 atom stereocenters. The maximum absolute atomic E-state index is 12.6. The summed E-state index contributed by atoms with van der Waals surface area (Å²) in [5.41, 5.74) is -0.136. The van der Waals surface area contributed by atoms with Gasteiger partial charge in [-0.3, -0.25) is 19.4 Å². The molecule has 1 heterocycles. The van der Waals surface area contributed by atoms with Gasteiger partial charge in [-0.05, 0) is 31.0 Å². The van der Waals surface area contributed by atoms with Gasteiger partial charge in [0.05, 0.1) is 13.2 Å². The molecular formula is C17H21NO6. The van der Waals surface area contributed by atoms with Crippen molar-refractivity contribution in [1.29, 1.82) is 0 Å². The minimum atomic E-state index is -1.54. The first-order valence-electron chi connectivity index (χ1n) is 7.89. The average molecular weight is 335 g/mol. The first-order chi connectivity index (χ1) is 11.4. The molecule has 1 aromatic heterocycles. The van der Waals surface area contributed by atoms with Gasteiger partial charge >= 0.3 is 17.9 Å². The summed E-state index contributed by atoms with van der Waals surface area (Å²) in [4.78, 5) is 40.7. The predicted molar refractivity (Wildman–Crippen MR) is 82.8 cm³/mol. The van der Waals surface area contributed by atoms with Gasteiger partial charge in [-0.25, -0.2) is 0 Å². The second-order valence-corrected chi connectivity index (χ2v) is 5.58. The normalized spacial score (nSPS) is 18.2. The van der Waals surface area contributed by atoms with E-state index in [4.69, 9.17) is 14.2 Å². The van der Waals surface area contributed by atoms with Crippen molar-refractivity contribution in [2.45, 2.75) is 39.7 Å². The zero-order chi connectivity index (χ0) is 17.7. The van der Waals surface area contributed by atoms with Crippen LogP contribution < -0.4 is 0 Å². The third-order valence-corrected chi connectivity index (χ3v) is 3.95. The lowest BCUT2D eigenvalue weighted by Crippen LogP contribution is -2.47. The van der Waals surface area contributed by atoms with E-state index in [9.17, 15) is 14.4 Å². The fourth-order valence-corrected chi connectivity index (χ4v) is 2.96. The highest BCUT2D eigenvalue weighted by Gasteiger charge is 2.54. The van der Waals surface area contributed by atoms with Gasteiger partial charge in [0.1, 0.15) is 6.10 Å². The average Bonchev–Trinajstić information content (AvgIpc) is 2.54. The van der Waals surface area contributed by atoms with Crippen molar-refractivity contribution in [3.8, 4) is 0 Å². The van der Waals surface area contributed by atoms with Gasteiger partial charge in [0.15, 0.2) is 5.41 Å². The van der Waals surface area contributed by atoms with E-state index in [-0.39, 0.29) is 26.1 Å². The van der Waals surface area contributed by atoms with E-state index in [1.54, 1.807) is 32.3 Å². The standard InChI is InChI=1S/C17H21NO6/c1-4-22-15(20)17(16(21)23-5-2)8-12-10-18-7-6-13(12)14(9-17)24-11(3)19/h6-7,10,14H,4-5,8-9H2,1-3H3. The molecule has 0 amide bonds. The summed E-state index contributed by atoms with van der Waals surface area (Å²) < 4.78 is 15.6. The second kappa shape index (κ2) is 7.42. The van der Waals surface area contributed by atoms with E-state index in [1.165, 1.54) is 6.92 Å². The Hall–Kier alpha value is -2.44. The highest BCUT2D eigenvalue weighted by molar-refractivity contribution is 6.01. The number of hydrogen-bond donors (Lipinski definition) is 0. The van der Waals surface area contributed by atoms with Crippen LogP contribution in [0.5, 0.6) is 0 Å². The van der Waals surface area contributed by atoms with Crippen LogP contribution in [0.1, 0.15) is 44.4 Å². The lowest BCUT2D eigenvalue weighted by Gasteiger charge is -2.37. The predicted octanol–water partition coefficient (Wildman–Crippen LogP) is 1.74. The highest BCUT2D eigenvalue weighted by atomic mass is 16.6. The van der Waals surface area contributed by atoms with Crippen LogP contribution in [0.25, 0.3) is 0 Å². The molecule has 0 saturated carbocycles. The number of carbonyl (C=O) groups excluding carboxylic acids is 3. The monoisotopic (exact) mass is 335 g/mol. The van der Waals surface area contributed by atoms with Gasteiger partial charge in [-0.2, -0.15) is 0 Å². The smallest absolute Gasteiger partial charge is 0.323 e. The summed E-state index contributed by atoms with van der Waals surface area (Å²) in [5.74, 6) is -1.84. The number of esters is 3. The zero-order valence-electron chi connectivity index (χ0n) is 14.0. The lowest BCUT2D eigenvalue weighted by molar-refractivity contribution is -0.178. The number of ether oxygens (including phenoxy) is 3. The molecule has 1 unspecified atom stereocenters. The molecular weight excluding hydrogens is 314 g/mol. The van der Waals surface area contributed by atoms with Crippen molar-refractivity contribution < 1.29 is 28.6 Å². The first-order valence-corrected chi connectivity index (χ1v) is 7.89. The Morgan fingerprint density at radius 1 is 1.21 bits per heavy atom. The third kappa shape index (κ3) is 3.39. The van der Waals surface area contributed by atoms with Crippen LogP contribution in [-0.2, 0) is 35.0 Å². The van der Waals surface area contributed by atoms with Crippen LogP contribution in [0.2, 0.25) is 0 Å². The van der Waals surface area contributed by atoms with E-state index in [2.05, 4.69) is 4.98 Å². The Morgan fingerprint density at radius 3 is 2.38 bits per heavy atom. The van der Waals surface area contributed by atoms with Gasteiger partial charge < -0.3 is 14.2 Å². The summed E-state index contributed by atoms with van der Waals surface area (Å²) in [5, 5.41) is 0. The molecule has 7 heteroatoms.